The summed E-state index contributed by atoms with van der Waals surface area (Å²) in [5.74, 6) is 1.75. The molecule has 0 fully saturated rings. The van der Waals surface area contributed by atoms with Crippen LogP contribution < -0.4 is 14.8 Å². The van der Waals surface area contributed by atoms with Gasteiger partial charge in [-0.3, -0.25) is 0 Å². The molecule has 2 heterocycles. The number of hydrogen-bond acceptors (Lipinski definition) is 3. The number of ether oxygens (including phenoxy) is 2. The zero-order valence-corrected chi connectivity index (χ0v) is 16.4. The molecule has 2 atom stereocenters. The van der Waals surface area contributed by atoms with Crippen LogP contribution >= 0.6 is 0 Å². The fraction of sp³-hybridized carbons (Fsp3) is 0.250. The summed E-state index contributed by atoms with van der Waals surface area (Å²) in [6.07, 6.45) is 0.971. The minimum atomic E-state index is 0.154. The average Bonchev–Trinajstić information content (AvgIpc) is 3.06. The van der Waals surface area contributed by atoms with E-state index in [9.17, 15) is 0 Å². The van der Waals surface area contributed by atoms with E-state index < -0.39 is 0 Å². The van der Waals surface area contributed by atoms with Gasteiger partial charge in [-0.15, -0.1) is 0 Å². The Bertz CT molecular complexity index is 1120. The molecule has 142 valence electrons. The Hall–Kier alpha value is -3.14. The van der Waals surface area contributed by atoms with Gasteiger partial charge in [-0.1, -0.05) is 36.4 Å². The molecule has 4 aromatic rings. The summed E-state index contributed by atoms with van der Waals surface area (Å²) in [5, 5.41) is 6.19. The van der Waals surface area contributed by atoms with Crippen molar-refractivity contribution in [3.05, 3.63) is 66.2 Å². The van der Waals surface area contributed by atoms with Gasteiger partial charge < -0.3 is 19.4 Å². The molecule has 1 aromatic heterocycles. The van der Waals surface area contributed by atoms with E-state index >= 15 is 0 Å². The van der Waals surface area contributed by atoms with Crippen LogP contribution in [-0.2, 0) is 0 Å². The van der Waals surface area contributed by atoms with Crippen LogP contribution in [0.15, 0.2) is 60.7 Å². The first kappa shape index (κ1) is 17.0. The first-order valence-corrected chi connectivity index (χ1v) is 9.72. The molecule has 28 heavy (non-hydrogen) atoms. The van der Waals surface area contributed by atoms with E-state index in [0.717, 1.165) is 29.2 Å². The van der Waals surface area contributed by atoms with Crippen molar-refractivity contribution in [2.24, 2.45) is 0 Å². The van der Waals surface area contributed by atoms with Gasteiger partial charge >= 0.3 is 0 Å². The SMILES string of the molecule is COc1ccc(OC)c2c1NC(C)CC2n1c2ccccc2c2ccccc21. The Balaban J connectivity index is 1.87. The highest BCUT2D eigenvalue weighted by Gasteiger charge is 2.32. The number of benzene rings is 3. The van der Waals surface area contributed by atoms with Crippen molar-refractivity contribution in [3.63, 3.8) is 0 Å². The van der Waals surface area contributed by atoms with E-state index in [0.29, 0.717) is 6.04 Å². The number of para-hydroxylation sites is 2. The van der Waals surface area contributed by atoms with Crippen LogP contribution in [0, 0.1) is 0 Å². The summed E-state index contributed by atoms with van der Waals surface area (Å²) < 4.78 is 13.9. The van der Waals surface area contributed by atoms with Crippen LogP contribution in [0.3, 0.4) is 0 Å². The van der Waals surface area contributed by atoms with Crippen LogP contribution in [0.4, 0.5) is 5.69 Å². The van der Waals surface area contributed by atoms with Gasteiger partial charge in [-0.05, 0) is 37.6 Å². The third-order valence-electron chi connectivity index (χ3n) is 5.84. The Kier molecular flexibility index (Phi) is 3.93. The van der Waals surface area contributed by atoms with E-state index in [-0.39, 0.29) is 6.04 Å². The van der Waals surface area contributed by atoms with E-state index in [4.69, 9.17) is 9.47 Å². The zero-order chi connectivity index (χ0) is 19.3. The molecule has 0 amide bonds. The summed E-state index contributed by atoms with van der Waals surface area (Å²) in [4.78, 5) is 0. The molecule has 4 heteroatoms. The van der Waals surface area contributed by atoms with Crippen molar-refractivity contribution in [1.29, 1.82) is 0 Å². The van der Waals surface area contributed by atoms with E-state index in [2.05, 4.69) is 65.3 Å². The van der Waals surface area contributed by atoms with Crippen LogP contribution in [0.2, 0.25) is 0 Å². The minimum Gasteiger partial charge on any atom is -0.496 e. The topological polar surface area (TPSA) is 35.4 Å². The number of hydrogen-bond donors (Lipinski definition) is 1. The highest BCUT2D eigenvalue weighted by atomic mass is 16.5. The maximum atomic E-state index is 5.79. The number of nitrogens with zero attached hydrogens (tertiary/aromatic N) is 1. The second-order valence-corrected chi connectivity index (χ2v) is 7.46. The number of anilines is 1. The predicted molar refractivity (Wildman–Crippen MR) is 115 cm³/mol. The normalized spacial score (nSPS) is 18.7. The Morgan fingerprint density at radius 3 is 2.00 bits per heavy atom. The van der Waals surface area contributed by atoms with Crippen LogP contribution in [0.1, 0.15) is 24.9 Å². The van der Waals surface area contributed by atoms with E-state index in [1.54, 1.807) is 14.2 Å². The Morgan fingerprint density at radius 1 is 0.821 bits per heavy atom. The van der Waals surface area contributed by atoms with Crippen molar-refractivity contribution in [2.45, 2.75) is 25.4 Å². The number of rotatable bonds is 3. The molecule has 1 N–H and O–H groups in total. The molecule has 2 unspecified atom stereocenters. The lowest BCUT2D eigenvalue weighted by Gasteiger charge is -2.35. The summed E-state index contributed by atoms with van der Waals surface area (Å²) in [6, 6.07) is 21.8. The number of methoxy groups -OCH3 is 2. The van der Waals surface area contributed by atoms with Gasteiger partial charge in [0.25, 0.3) is 0 Å². The lowest BCUT2D eigenvalue weighted by Crippen LogP contribution is -2.29. The molecule has 5 rings (SSSR count). The van der Waals surface area contributed by atoms with Gasteiger partial charge in [-0.25, -0.2) is 0 Å². The molecular weight excluding hydrogens is 348 g/mol. The van der Waals surface area contributed by atoms with E-state index in [1.807, 2.05) is 12.1 Å². The van der Waals surface area contributed by atoms with Crippen LogP contribution in [-0.4, -0.2) is 24.8 Å². The fourth-order valence-corrected chi connectivity index (χ4v) is 4.69. The first-order valence-electron chi connectivity index (χ1n) is 9.72. The Morgan fingerprint density at radius 2 is 1.39 bits per heavy atom. The van der Waals surface area contributed by atoms with Gasteiger partial charge in [0.05, 0.1) is 25.9 Å². The average molecular weight is 372 g/mol. The van der Waals surface area contributed by atoms with Gasteiger partial charge in [0.15, 0.2) is 0 Å². The molecular formula is C24H24N2O2. The highest BCUT2D eigenvalue weighted by Crippen LogP contribution is 2.48. The summed E-state index contributed by atoms with van der Waals surface area (Å²) in [7, 11) is 3.46. The lowest BCUT2D eigenvalue weighted by molar-refractivity contribution is 0.384. The first-order chi connectivity index (χ1) is 13.7. The predicted octanol–water partition coefficient (Wildman–Crippen LogP) is 5.61. The fourth-order valence-electron chi connectivity index (χ4n) is 4.69. The van der Waals surface area contributed by atoms with Crippen LogP contribution in [0.5, 0.6) is 11.5 Å². The number of fused-ring (bicyclic) bond motifs is 4. The van der Waals surface area contributed by atoms with Gasteiger partial charge in [0.1, 0.15) is 11.5 Å². The highest BCUT2D eigenvalue weighted by molar-refractivity contribution is 6.08. The summed E-state index contributed by atoms with van der Waals surface area (Å²) >= 11 is 0. The van der Waals surface area contributed by atoms with Crippen molar-refractivity contribution < 1.29 is 9.47 Å². The second-order valence-electron chi connectivity index (χ2n) is 7.46. The number of nitrogens with one attached hydrogen (secondary N) is 1. The lowest BCUT2D eigenvalue weighted by atomic mass is 9.91. The molecule has 0 spiro atoms. The smallest absolute Gasteiger partial charge is 0.142 e. The van der Waals surface area contributed by atoms with Crippen LogP contribution in [0.25, 0.3) is 21.8 Å². The summed E-state index contributed by atoms with van der Waals surface area (Å²) in [6.45, 7) is 2.22. The largest absolute Gasteiger partial charge is 0.496 e. The van der Waals surface area contributed by atoms with Crippen molar-refractivity contribution in [3.8, 4) is 11.5 Å². The molecule has 1 aliphatic rings. The summed E-state index contributed by atoms with van der Waals surface area (Å²) in [5.41, 5.74) is 4.69. The van der Waals surface area contributed by atoms with E-state index in [1.165, 1.54) is 21.8 Å². The van der Waals surface area contributed by atoms with Crippen molar-refractivity contribution in [2.75, 3.05) is 19.5 Å². The molecule has 1 aliphatic heterocycles. The standard InChI is InChI=1S/C24H24N2O2/c1-15-14-20(23-21(27-2)12-13-22(28-3)24(23)25-15)26-18-10-6-4-8-16(18)17-9-5-7-11-19(17)26/h4-13,15,20,25H,14H2,1-3H3. The number of aromatic nitrogens is 1. The molecule has 0 radical (unpaired) electrons. The van der Waals surface area contributed by atoms with Crippen molar-refractivity contribution in [1.82, 2.24) is 4.57 Å². The van der Waals surface area contributed by atoms with Crippen molar-refractivity contribution >= 4 is 27.5 Å². The maximum absolute atomic E-state index is 5.79. The molecule has 0 saturated heterocycles. The second kappa shape index (κ2) is 6.48. The molecule has 3 aromatic carbocycles. The minimum absolute atomic E-state index is 0.154. The monoisotopic (exact) mass is 372 g/mol. The molecule has 4 nitrogen and oxygen atoms in total. The zero-order valence-electron chi connectivity index (χ0n) is 16.4. The van der Waals surface area contributed by atoms with Gasteiger partial charge in [0.2, 0.25) is 0 Å². The Labute approximate surface area is 164 Å². The molecule has 0 bridgehead atoms. The third kappa shape index (κ3) is 2.37. The third-order valence-corrected chi connectivity index (χ3v) is 5.84. The van der Waals surface area contributed by atoms with Gasteiger partial charge in [0, 0.05) is 33.4 Å². The molecule has 0 aliphatic carbocycles. The van der Waals surface area contributed by atoms with Gasteiger partial charge in [-0.2, -0.15) is 0 Å². The maximum Gasteiger partial charge on any atom is 0.142 e. The quantitative estimate of drug-likeness (QED) is 0.508. The molecule has 0 saturated carbocycles.